The average molecular weight is 138 g/mol. The fourth-order valence-electron chi connectivity index (χ4n) is 0.727. The van der Waals surface area contributed by atoms with Crippen LogP contribution in [0.2, 0.25) is 0 Å². The molecular weight excluding hydrogens is 128 g/mol. The summed E-state index contributed by atoms with van der Waals surface area (Å²) in [7, 11) is 0. The van der Waals surface area contributed by atoms with Crippen LogP contribution < -0.4 is 5.48 Å². The van der Waals surface area contributed by atoms with Crippen LogP contribution in [0.25, 0.3) is 0 Å². The second-order valence-electron chi connectivity index (χ2n) is 2.13. The maximum atomic E-state index is 8.52. The Kier molecular flexibility index (Phi) is 2.36. The third kappa shape index (κ3) is 1.52. The van der Waals surface area contributed by atoms with Crippen LogP contribution in [0.3, 0.4) is 0 Å². The van der Waals surface area contributed by atoms with Gasteiger partial charge in [0.2, 0.25) is 0 Å². The lowest BCUT2D eigenvalue weighted by Crippen LogP contribution is -2.12. The summed E-state index contributed by atoms with van der Waals surface area (Å²) in [6, 6.07) is 3.69. The summed E-state index contributed by atoms with van der Waals surface area (Å²) < 4.78 is 0. The van der Waals surface area contributed by atoms with Gasteiger partial charge in [0.15, 0.2) is 0 Å². The molecule has 0 fully saturated rings. The first-order chi connectivity index (χ1) is 4.84. The molecule has 1 aromatic rings. The molecule has 10 heavy (non-hydrogen) atoms. The SMILES string of the molecule is C[C@@H](NO)c1ccncc1. The van der Waals surface area contributed by atoms with Gasteiger partial charge in [-0.05, 0) is 24.6 Å². The summed E-state index contributed by atoms with van der Waals surface area (Å²) in [6.45, 7) is 1.87. The van der Waals surface area contributed by atoms with Crippen molar-refractivity contribution in [3.8, 4) is 0 Å². The molecule has 0 aliphatic heterocycles. The molecule has 0 amide bonds. The van der Waals surface area contributed by atoms with E-state index < -0.39 is 0 Å². The van der Waals surface area contributed by atoms with Gasteiger partial charge in [-0.1, -0.05) is 0 Å². The number of aromatic nitrogens is 1. The van der Waals surface area contributed by atoms with Gasteiger partial charge in [-0.15, -0.1) is 0 Å². The number of nitrogens with one attached hydrogen (secondary N) is 1. The minimum absolute atomic E-state index is 0.0250. The van der Waals surface area contributed by atoms with E-state index in [1.807, 2.05) is 19.1 Å². The van der Waals surface area contributed by atoms with Crippen molar-refractivity contribution in [2.24, 2.45) is 0 Å². The van der Waals surface area contributed by atoms with Gasteiger partial charge in [-0.2, -0.15) is 5.48 Å². The van der Waals surface area contributed by atoms with Crippen LogP contribution in [-0.4, -0.2) is 10.2 Å². The Morgan fingerprint density at radius 3 is 2.60 bits per heavy atom. The van der Waals surface area contributed by atoms with Crippen molar-refractivity contribution in [1.29, 1.82) is 0 Å². The topological polar surface area (TPSA) is 45.1 Å². The zero-order valence-electron chi connectivity index (χ0n) is 5.78. The van der Waals surface area contributed by atoms with E-state index >= 15 is 0 Å². The Morgan fingerprint density at radius 2 is 2.10 bits per heavy atom. The van der Waals surface area contributed by atoms with Crippen LogP contribution >= 0.6 is 0 Å². The number of nitrogens with zero attached hydrogens (tertiary/aromatic N) is 1. The van der Waals surface area contributed by atoms with Gasteiger partial charge in [0.1, 0.15) is 0 Å². The molecule has 3 heteroatoms. The van der Waals surface area contributed by atoms with Crippen molar-refractivity contribution in [2.45, 2.75) is 13.0 Å². The summed E-state index contributed by atoms with van der Waals surface area (Å²) in [5.41, 5.74) is 3.18. The summed E-state index contributed by atoms with van der Waals surface area (Å²) in [5, 5.41) is 8.52. The van der Waals surface area contributed by atoms with Gasteiger partial charge in [-0.25, -0.2) is 0 Å². The highest BCUT2D eigenvalue weighted by Gasteiger charge is 1.99. The third-order valence-corrected chi connectivity index (χ3v) is 1.40. The van der Waals surface area contributed by atoms with Crippen LogP contribution in [0.4, 0.5) is 0 Å². The van der Waals surface area contributed by atoms with E-state index in [9.17, 15) is 0 Å². The standard InChI is InChI=1S/C7H10N2O/c1-6(9-10)7-2-4-8-5-3-7/h2-6,9-10H,1H3/t6-/m1/s1. The number of hydroxylamine groups is 1. The predicted molar refractivity (Wildman–Crippen MR) is 37.6 cm³/mol. The summed E-state index contributed by atoms with van der Waals surface area (Å²) in [4.78, 5) is 3.85. The second-order valence-corrected chi connectivity index (χ2v) is 2.13. The highest BCUT2D eigenvalue weighted by molar-refractivity contribution is 5.13. The summed E-state index contributed by atoms with van der Waals surface area (Å²) in [6.07, 6.45) is 3.40. The molecule has 0 aromatic carbocycles. The lowest BCUT2D eigenvalue weighted by atomic mass is 10.1. The Labute approximate surface area is 59.7 Å². The van der Waals surface area contributed by atoms with Crippen LogP contribution in [0.1, 0.15) is 18.5 Å². The molecule has 0 unspecified atom stereocenters. The van der Waals surface area contributed by atoms with Gasteiger partial charge in [0, 0.05) is 12.4 Å². The maximum Gasteiger partial charge on any atom is 0.0541 e. The highest BCUT2D eigenvalue weighted by Crippen LogP contribution is 2.07. The van der Waals surface area contributed by atoms with E-state index in [4.69, 9.17) is 5.21 Å². The van der Waals surface area contributed by atoms with Crippen molar-refractivity contribution in [1.82, 2.24) is 10.5 Å². The molecule has 1 heterocycles. The lowest BCUT2D eigenvalue weighted by molar-refractivity contribution is 0.133. The van der Waals surface area contributed by atoms with Crippen molar-refractivity contribution in [3.63, 3.8) is 0 Å². The normalized spacial score (nSPS) is 13.0. The quantitative estimate of drug-likeness (QED) is 0.602. The van der Waals surface area contributed by atoms with E-state index in [2.05, 4.69) is 10.5 Å². The smallest absolute Gasteiger partial charge is 0.0541 e. The fourth-order valence-corrected chi connectivity index (χ4v) is 0.727. The fraction of sp³-hybridized carbons (Fsp3) is 0.286. The zero-order chi connectivity index (χ0) is 7.40. The van der Waals surface area contributed by atoms with Crippen molar-refractivity contribution >= 4 is 0 Å². The lowest BCUT2D eigenvalue weighted by Gasteiger charge is -2.06. The monoisotopic (exact) mass is 138 g/mol. The first-order valence-corrected chi connectivity index (χ1v) is 3.14. The first kappa shape index (κ1) is 7.18. The molecule has 0 spiro atoms. The minimum Gasteiger partial charge on any atom is -0.316 e. The molecule has 0 radical (unpaired) electrons. The number of pyridine rings is 1. The molecule has 0 aliphatic rings. The summed E-state index contributed by atoms with van der Waals surface area (Å²) in [5.74, 6) is 0. The van der Waals surface area contributed by atoms with E-state index in [1.54, 1.807) is 12.4 Å². The van der Waals surface area contributed by atoms with Crippen LogP contribution in [0, 0.1) is 0 Å². The second kappa shape index (κ2) is 3.29. The molecule has 0 saturated heterocycles. The molecule has 1 aromatic heterocycles. The van der Waals surface area contributed by atoms with Crippen LogP contribution in [-0.2, 0) is 0 Å². The van der Waals surface area contributed by atoms with E-state index in [1.165, 1.54) is 0 Å². The largest absolute Gasteiger partial charge is 0.316 e. The van der Waals surface area contributed by atoms with Crippen molar-refractivity contribution in [2.75, 3.05) is 0 Å². The zero-order valence-corrected chi connectivity index (χ0v) is 5.78. The van der Waals surface area contributed by atoms with Gasteiger partial charge >= 0.3 is 0 Å². The Bertz CT molecular complexity index is 188. The molecule has 54 valence electrons. The number of hydrogen-bond acceptors (Lipinski definition) is 3. The van der Waals surface area contributed by atoms with Gasteiger partial charge in [-0.3, -0.25) is 4.98 Å². The Hall–Kier alpha value is -0.930. The van der Waals surface area contributed by atoms with Crippen LogP contribution in [0.15, 0.2) is 24.5 Å². The van der Waals surface area contributed by atoms with Crippen molar-refractivity contribution < 1.29 is 5.21 Å². The molecule has 0 aliphatic carbocycles. The predicted octanol–water partition coefficient (Wildman–Crippen LogP) is 1.12. The van der Waals surface area contributed by atoms with Crippen LogP contribution in [0.5, 0.6) is 0 Å². The van der Waals surface area contributed by atoms with E-state index in [0.29, 0.717) is 0 Å². The van der Waals surface area contributed by atoms with Crippen molar-refractivity contribution in [3.05, 3.63) is 30.1 Å². The molecule has 0 saturated carbocycles. The molecule has 0 bridgehead atoms. The van der Waals surface area contributed by atoms with Gasteiger partial charge in [0.25, 0.3) is 0 Å². The molecule has 1 atom stereocenters. The molecular formula is C7H10N2O. The third-order valence-electron chi connectivity index (χ3n) is 1.40. The Balaban J connectivity index is 2.75. The average Bonchev–Trinajstić information content (AvgIpc) is 2.05. The molecule has 2 N–H and O–H groups in total. The van der Waals surface area contributed by atoms with E-state index in [0.717, 1.165) is 5.56 Å². The Morgan fingerprint density at radius 1 is 1.50 bits per heavy atom. The van der Waals surface area contributed by atoms with Gasteiger partial charge in [0.05, 0.1) is 6.04 Å². The number of rotatable bonds is 2. The highest BCUT2D eigenvalue weighted by atomic mass is 16.5. The molecule has 1 rings (SSSR count). The maximum absolute atomic E-state index is 8.52. The minimum atomic E-state index is -0.0250. The number of hydrogen-bond donors (Lipinski definition) is 2. The molecule has 3 nitrogen and oxygen atoms in total. The first-order valence-electron chi connectivity index (χ1n) is 3.14. The summed E-state index contributed by atoms with van der Waals surface area (Å²) >= 11 is 0. The van der Waals surface area contributed by atoms with Gasteiger partial charge < -0.3 is 5.21 Å². The van der Waals surface area contributed by atoms with E-state index in [-0.39, 0.29) is 6.04 Å².